The van der Waals surface area contributed by atoms with E-state index in [2.05, 4.69) is 4.98 Å². The molecule has 1 fully saturated rings. The number of carbonyl (C=O) groups is 1. The minimum Gasteiger partial charge on any atom is -0.478 e. The van der Waals surface area contributed by atoms with Crippen molar-refractivity contribution in [2.75, 3.05) is 18.0 Å². The number of piperidine rings is 1. The molecule has 2 N–H and O–H groups in total. The van der Waals surface area contributed by atoms with E-state index in [1.165, 1.54) is 6.07 Å². The van der Waals surface area contributed by atoms with Crippen LogP contribution >= 0.6 is 0 Å². The Balaban J connectivity index is 2.30. The van der Waals surface area contributed by atoms with Crippen LogP contribution in [0.4, 0.5) is 5.82 Å². The Hall–Kier alpha value is -1.62. The lowest BCUT2D eigenvalue weighted by molar-refractivity contribution is 0.0443. The van der Waals surface area contributed by atoms with E-state index in [-0.39, 0.29) is 5.56 Å². The van der Waals surface area contributed by atoms with Crippen molar-refractivity contribution in [3.63, 3.8) is 0 Å². The molecule has 17 heavy (non-hydrogen) atoms. The fourth-order valence-corrected chi connectivity index (χ4v) is 2.22. The first-order valence-electron chi connectivity index (χ1n) is 5.65. The second-order valence-corrected chi connectivity index (χ2v) is 4.70. The zero-order chi connectivity index (χ0) is 12.5. The van der Waals surface area contributed by atoms with Crippen molar-refractivity contribution >= 4 is 11.8 Å². The van der Waals surface area contributed by atoms with Crippen LogP contribution in [0.3, 0.4) is 0 Å². The highest BCUT2D eigenvalue weighted by molar-refractivity contribution is 5.93. The topological polar surface area (TPSA) is 73.7 Å². The molecule has 1 saturated heterocycles. The van der Waals surface area contributed by atoms with Gasteiger partial charge in [-0.15, -0.1) is 0 Å². The lowest BCUT2D eigenvalue weighted by Crippen LogP contribution is -2.46. The summed E-state index contributed by atoms with van der Waals surface area (Å²) < 4.78 is 0. The minimum absolute atomic E-state index is 0.185. The molecular weight excluding hydrogens is 220 g/mol. The first-order valence-corrected chi connectivity index (χ1v) is 5.65. The van der Waals surface area contributed by atoms with Crippen LogP contribution in [-0.4, -0.2) is 39.9 Å². The SMILES string of the molecule is CC1(O)CCCN(c2ncccc2C(=O)O)C1. The maximum Gasteiger partial charge on any atom is 0.339 e. The summed E-state index contributed by atoms with van der Waals surface area (Å²) in [6, 6.07) is 3.14. The molecule has 1 atom stereocenters. The third-order valence-electron chi connectivity index (χ3n) is 2.99. The van der Waals surface area contributed by atoms with Gasteiger partial charge in [0.2, 0.25) is 0 Å². The van der Waals surface area contributed by atoms with Crippen molar-refractivity contribution in [3.8, 4) is 0 Å². The summed E-state index contributed by atoms with van der Waals surface area (Å²) in [7, 11) is 0. The number of hydrogen-bond donors (Lipinski definition) is 2. The van der Waals surface area contributed by atoms with Gasteiger partial charge in [-0.2, -0.15) is 0 Å². The van der Waals surface area contributed by atoms with Gasteiger partial charge in [0.1, 0.15) is 11.4 Å². The number of aromatic nitrogens is 1. The normalized spacial score (nSPS) is 24.7. The maximum atomic E-state index is 11.1. The molecule has 1 aliphatic heterocycles. The zero-order valence-electron chi connectivity index (χ0n) is 9.76. The molecule has 0 aliphatic carbocycles. The van der Waals surface area contributed by atoms with E-state index in [1.54, 1.807) is 19.2 Å². The van der Waals surface area contributed by atoms with E-state index in [4.69, 9.17) is 5.11 Å². The van der Waals surface area contributed by atoms with Crippen molar-refractivity contribution < 1.29 is 15.0 Å². The van der Waals surface area contributed by atoms with Gasteiger partial charge in [-0.05, 0) is 31.9 Å². The van der Waals surface area contributed by atoms with Gasteiger partial charge in [0.05, 0.1) is 5.60 Å². The van der Waals surface area contributed by atoms with Gasteiger partial charge in [-0.3, -0.25) is 0 Å². The van der Waals surface area contributed by atoms with Crippen LogP contribution < -0.4 is 4.90 Å². The second kappa shape index (κ2) is 4.33. The van der Waals surface area contributed by atoms with Crippen molar-refractivity contribution in [3.05, 3.63) is 23.9 Å². The average Bonchev–Trinajstić information content (AvgIpc) is 2.27. The highest BCUT2D eigenvalue weighted by Crippen LogP contribution is 2.26. The molecule has 1 aliphatic rings. The first-order chi connectivity index (χ1) is 7.99. The number of rotatable bonds is 2. The van der Waals surface area contributed by atoms with Crippen LogP contribution in [0.2, 0.25) is 0 Å². The van der Waals surface area contributed by atoms with Gasteiger partial charge >= 0.3 is 5.97 Å². The number of aromatic carboxylic acids is 1. The molecule has 5 nitrogen and oxygen atoms in total. The number of anilines is 1. The third kappa shape index (κ3) is 2.55. The molecular formula is C12H16N2O3. The number of aliphatic hydroxyl groups is 1. The summed E-state index contributed by atoms with van der Waals surface area (Å²) in [6.45, 7) is 2.92. The van der Waals surface area contributed by atoms with E-state index in [0.717, 1.165) is 19.4 Å². The van der Waals surface area contributed by atoms with Crippen molar-refractivity contribution in [2.24, 2.45) is 0 Å². The summed E-state index contributed by atoms with van der Waals surface area (Å²) in [4.78, 5) is 17.1. The van der Waals surface area contributed by atoms with E-state index < -0.39 is 11.6 Å². The minimum atomic E-state index is -0.988. The number of nitrogens with zero attached hydrogens (tertiary/aromatic N) is 2. The number of pyridine rings is 1. The monoisotopic (exact) mass is 236 g/mol. The Morgan fingerprint density at radius 2 is 2.35 bits per heavy atom. The Labute approximate surface area is 99.7 Å². The lowest BCUT2D eigenvalue weighted by atomic mass is 9.95. The Morgan fingerprint density at radius 3 is 3.00 bits per heavy atom. The van der Waals surface area contributed by atoms with Crippen LogP contribution in [0.15, 0.2) is 18.3 Å². The van der Waals surface area contributed by atoms with Crippen LogP contribution in [0.5, 0.6) is 0 Å². The standard InChI is InChI=1S/C12H16N2O3/c1-12(17)5-3-7-14(8-12)10-9(11(15)16)4-2-6-13-10/h2,4,6,17H,3,5,7-8H2,1H3,(H,15,16). The van der Waals surface area contributed by atoms with E-state index in [9.17, 15) is 9.90 Å². The molecule has 1 unspecified atom stereocenters. The molecule has 0 saturated carbocycles. The number of hydrogen-bond acceptors (Lipinski definition) is 4. The van der Waals surface area contributed by atoms with Crippen molar-refractivity contribution in [1.82, 2.24) is 4.98 Å². The number of β-amino-alcohol motifs (C(OH)–C–C–N with tert-alkyl or cyclic N) is 1. The second-order valence-electron chi connectivity index (χ2n) is 4.70. The predicted molar refractivity (Wildman–Crippen MR) is 63.3 cm³/mol. The quantitative estimate of drug-likeness (QED) is 0.805. The summed E-state index contributed by atoms with van der Waals surface area (Å²) in [5, 5.41) is 19.1. The van der Waals surface area contributed by atoms with Crippen LogP contribution in [0.25, 0.3) is 0 Å². The lowest BCUT2D eigenvalue weighted by Gasteiger charge is -2.37. The van der Waals surface area contributed by atoms with Gasteiger partial charge in [-0.1, -0.05) is 0 Å². The molecule has 1 aromatic heterocycles. The van der Waals surface area contributed by atoms with Gasteiger partial charge in [0.15, 0.2) is 0 Å². The summed E-state index contributed by atoms with van der Waals surface area (Å²) >= 11 is 0. The summed E-state index contributed by atoms with van der Waals surface area (Å²) in [5.74, 6) is -0.543. The molecule has 0 amide bonds. The molecule has 2 heterocycles. The van der Waals surface area contributed by atoms with Crippen LogP contribution in [0.1, 0.15) is 30.1 Å². The van der Waals surface area contributed by atoms with Crippen LogP contribution in [0, 0.1) is 0 Å². The molecule has 1 aromatic rings. The molecule has 0 spiro atoms. The van der Waals surface area contributed by atoms with E-state index >= 15 is 0 Å². The molecule has 5 heteroatoms. The van der Waals surface area contributed by atoms with Gasteiger partial charge in [0.25, 0.3) is 0 Å². The smallest absolute Gasteiger partial charge is 0.339 e. The number of carboxylic acids is 1. The predicted octanol–water partition coefficient (Wildman–Crippen LogP) is 1.13. The maximum absolute atomic E-state index is 11.1. The highest BCUT2D eigenvalue weighted by atomic mass is 16.4. The van der Waals surface area contributed by atoms with Crippen molar-refractivity contribution in [1.29, 1.82) is 0 Å². The third-order valence-corrected chi connectivity index (χ3v) is 2.99. The molecule has 0 aromatic carbocycles. The van der Waals surface area contributed by atoms with Gasteiger partial charge in [-0.25, -0.2) is 9.78 Å². The first kappa shape index (κ1) is 11.9. The Morgan fingerprint density at radius 1 is 1.59 bits per heavy atom. The van der Waals surface area contributed by atoms with Crippen molar-refractivity contribution in [2.45, 2.75) is 25.4 Å². The largest absolute Gasteiger partial charge is 0.478 e. The van der Waals surface area contributed by atoms with E-state index in [0.29, 0.717) is 12.4 Å². The summed E-state index contributed by atoms with van der Waals surface area (Å²) in [5.41, 5.74) is -0.587. The average molecular weight is 236 g/mol. The fourth-order valence-electron chi connectivity index (χ4n) is 2.22. The Bertz CT molecular complexity index is 432. The molecule has 92 valence electrons. The van der Waals surface area contributed by atoms with Gasteiger partial charge in [0, 0.05) is 19.3 Å². The highest BCUT2D eigenvalue weighted by Gasteiger charge is 2.30. The molecule has 0 radical (unpaired) electrons. The fraction of sp³-hybridized carbons (Fsp3) is 0.500. The summed E-state index contributed by atoms with van der Waals surface area (Å²) in [6.07, 6.45) is 3.15. The zero-order valence-corrected chi connectivity index (χ0v) is 9.76. The van der Waals surface area contributed by atoms with Crippen LogP contribution in [-0.2, 0) is 0 Å². The molecule has 2 rings (SSSR count). The van der Waals surface area contributed by atoms with E-state index in [1.807, 2.05) is 4.90 Å². The Kier molecular flexibility index (Phi) is 3.02. The number of carboxylic acid groups (broad SMARTS) is 1. The van der Waals surface area contributed by atoms with Gasteiger partial charge < -0.3 is 15.1 Å². The molecule has 0 bridgehead atoms.